The summed E-state index contributed by atoms with van der Waals surface area (Å²) in [6.07, 6.45) is 5.71. The summed E-state index contributed by atoms with van der Waals surface area (Å²) >= 11 is 0. The van der Waals surface area contributed by atoms with Gasteiger partial charge in [0.2, 0.25) is 0 Å². The Bertz CT molecular complexity index is 127. The third kappa shape index (κ3) is 2.17. The van der Waals surface area contributed by atoms with E-state index in [1.54, 1.807) is 0 Å². The molecule has 0 spiro atoms. The fraction of sp³-hybridized carbons (Fsp3) is 1.00. The lowest BCUT2D eigenvalue weighted by Gasteiger charge is -2.36. The van der Waals surface area contributed by atoms with E-state index in [2.05, 4.69) is 6.92 Å². The summed E-state index contributed by atoms with van der Waals surface area (Å²) < 4.78 is 0. The summed E-state index contributed by atoms with van der Waals surface area (Å²) in [6, 6.07) is 0. The maximum Gasteiger partial charge on any atom is 0.0611 e. The Kier molecular flexibility index (Phi) is 2.90. The van der Waals surface area contributed by atoms with Crippen molar-refractivity contribution in [2.24, 2.45) is 11.7 Å². The standard InChI is InChI=1S/C9H19NO/c1-2-8-4-3-5-9(10,6-8)7-11/h8,11H,2-7,10H2,1H3. The second-order valence-electron chi connectivity index (χ2n) is 3.89. The smallest absolute Gasteiger partial charge is 0.0611 e. The molecule has 1 aliphatic carbocycles. The number of hydrogen-bond donors (Lipinski definition) is 2. The normalized spacial score (nSPS) is 39.0. The monoisotopic (exact) mass is 157 g/mol. The average Bonchev–Trinajstić information content (AvgIpc) is 2.05. The lowest BCUT2D eigenvalue weighted by molar-refractivity contribution is 0.127. The molecule has 0 heterocycles. The second kappa shape index (κ2) is 3.55. The van der Waals surface area contributed by atoms with Crippen LogP contribution in [0.1, 0.15) is 39.0 Å². The van der Waals surface area contributed by atoms with E-state index in [0.717, 1.165) is 18.8 Å². The highest BCUT2D eigenvalue weighted by Crippen LogP contribution is 2.31. The molecule has 0 saturated heterocycles. The predicted molar refractivity (Wildman–Crippen MR) is 46.3 cm³/mol. The van der Waals surface area contributed by atoms with Crippen molar-refractivity contribution in [2.45, 2.75) is 44.6 Å². The molecule has 0 aromatic heterocycles. The summed E-state index contributed by atoms with van der Waals surface area (Å²) in [4.78, 5) is 0. The van der Waals surface area contributed by atoms with Crippen molar-refractivity contribution >= 4 is 0 Å². The van der Waals surface area contributed by atoms with Crippen LogP contribution in [0.25, 0.3) is 0 Å². The fourth-order valence-electron chi connectivity index (χ4n) is 2.01. The molecule has 0 aromatic carbocycles. The van der Waals surface area contributed by atoms with Gasteiger partial charge in [-0.15, -0.1) is 0 Å². The van der Waals surface area contributed by atoms with Gasteiger partial charge in [-0.2, -0.15) is 0 Å². The second-order valence-corrected chi connectivity index (χ2v) is 3.89. The summed E-state index contributed by atoms with van der Waals surface area (Å²) in [5.74, 6) is 0.751. The van der Waals surface area contributed by atoms with Gasteiger partial charge in [0.1, 0.15) is 0 Å². The fourth-order valence-corrected chi connectivity index (χ4v) is 2.01. The molecule has 1 aliphatic rings. The van der Waals surface area contributed by atoms with E-state index in [-0.39, 0.29) is 12.1 Å². The first-order valence-corrected chi connectivity index (χ1v) is 4.60. The molecule has 0 aromatic rings. The van der Waals surface area contributed by atoms with E-state index in [4.69, 9.17) is 10.8 Å². The van der Waals surface area contributed by atoms with Gasteiger partial charge in [-0.3, -0.25) is 0 Å². The molecule has 2 unspecified atom stereocenters. The zero-order chi connectivity index (χ0) is 8.32. The van der Waals surface area contributed by atoms with Crippen molar-refractivity contribution in [1.29, 1.82) is 0 Å². The molecule has 0 amide bonds. The minimum atomic E-state index is -0.251. The van der Waals surface area contributed by atoms with Crippen LogP contribution in [0.3, 0.4) is 0 Å². The van der Waals surface area contributed by atoms with Crippen molar-refractivity contribution in [3.8, 4) is 0 Å². The molecule has 1 saturated carbocycles. The molecule has 1 rings (SSSR count). The quantitative estimate of drug-likeness (QED) is 0.634. The molecule has 66 valence electrons. The van der Waals surface area contributed by atoms with E-state index in [1.165, 1.54) is 19.3 Å². The maximum absolute atomic E-state index is 9.04. The van der Waals surface area contributed by atoms with Crippen LogP contribution in [0, 0.1) is 5.92 Å². The Hall–Kier alpha value is -0.0800. The van der Waals surface area contributed by atoms with Crippen molar-refractivity contribution in [3.63, 3.8) is 0 Å². The van der Waals surface area contributed by atoms with Crippen LogP contribution in [0.4, 0.5) is 0 Å². The molecule has 0 bridgehead atoms. The highest BCUT2D eigenvalue weighted by atomic mass is 16.3. The van der Waals surface area contributed by atoms with Gasteiger partial charge in [0.25, 0.3) is 0 Å². The zero-order valence-corrected chi connectivity index (χ0v) is 7.34. The van der Waals surface area contributed by atoms with Crippen LogP contribution >= 0.6 is 0 Å². The van der Waals surface area contributed by atoms with Crippen LogP contribution in [-0.4, -0.2) is 17.3 Å². The predicted octanol–water partition coefficient (Wildman–Crippen LogP) is 1.28. The van der Waals surface area contributed by atoms with Crippen LogP contribution in [0.2, 0.25) is 0 Å². The van der Waals surface area contributed by atoms with Crippen LogP contribution in [-0.2, 0) is 0 Å². The van der Waals surface area contributed by atoms with Crippen LogP contribution < -0.4 is 5.73 Å². The number of hydrogen-bond acceptors (Lipinski definition) is 2. The molecule has 2 heteroatoms. The third-order valence-corrected chi connectivity index (χ3v) is 2.87. The summed E-state index contributed by atoms with van der Waals surface area (Å²) in [6.45, 7) is 2.36. The van der Waals surface area contributed by atoms with Gasteiger partial charge in [-0.1, -0.05) is 26.2 Å². The maximum atomic E-state index is 9.04. The van der Waals surface area contributed by atoms with E-state index in [1.807, 2.05) is 0 Å². The van der Waals surface area contributed by atoms with Gasteiger partial charge in [-0.05, 0) is 18.8 Å². The first-order chi connectivity index (χ1) is 5.20. The van der Waals surface area contributed by atoms with Gasteiger partial charge in [0, 0.05) is 5.54 Å². The molecule has 2 atom stereocenters. The number of rotatable bonds is 2. The number of nitrogens with two attached hydrogens (primary N) is 1. The highest BCUT2D eigenvalue weighted by molar-refractivity contribution is 4.89. The van der Waals surface area contributed by atoms with Crippen molar-refractivity contribution < 1.29 is 5.11 Å². The first kappa shape index (κ1) is 9.01. The van der Waals surface area contributed by atoms with E-state index >= 15 is 0 Å². The van der Waals surface area contributed by atoms with Crippen molar-refractivity contribution in [1.82, 2.24) is 0 Å². The Morgan fingerprint density at radius 3 is 2.91 bits per heavy atom. The van der Waals surface area contributed by atoms with Crippen LogP contribution in [0.15, 0.2) is 0 Å². The van der Waals surface area contributed by atoms with Gasteiger partial charge in [-0.25, -0.2) is 0 Å². The molecule has 0 radical (unpaired) electrons. The molecular formula is C9H19NO. The molecule has 11 heavy (non-hydrogen) atoms. The Morgan fingerprint density at radius 1 is 1.64 bits per heavy atom. The minimum absolute atomic E-state index is 0.156. The number of aliphatic hydroxyl groups excluding tert-OH is 1. The SMILES string of the molecule is CCC1CCCC(N)(CO)C1. The third-order valence-electron chi connectivity index (χ3n) is 2.87. The molecule has 2 nitrogen and oxygen atoms in total. The van der Waals surface area contributed by atoms with E-state index in [0.29, 0.717) is 0 Å². The zero-order valence-electron chi connectivity index (χ0n) is 7.34. The largest absolute Gasteiger partial charge is 0.394 e. The lowest BCUT2D eigenvalue weighted by atomic mass is 9.76. The van der Waals surface area contributed by atoms with Gasteiger partial charge >= 0.3 is 0 Å². The molecule has 1 fully saturated rings. The summed E-state index contributed by atoms with van der Waals surface area (Å²) in [7, 11) is 0. The average molecular weight is 157 g/mol. The van der Waals surface area contributed by atoms with Crippen molar-refractivity contribution in [3.05, 3.63) is 0 Å². The molecule has 3 N–H and O–H groups in total. The van der Waals surface area contributed by atoms with E-state index in [9.17, 15) is 0 Å². The first-order valence-electron chi connectivity index (χ1n) is 4.60. The van der Waals surface area contributed by atoms with Crippen molar-refractivity contribution in [2.75, 3.05) is 6.61 Å². The topological polar surface area (TPSA) is 46.2 Å². The highest BCUT2D eigenvalue weighted by Gasteiger charge is 2.30. The molecule has 0 aliphatic heterocycles. The lowest BCUT2D eigenvalue weighted by Crippen LogP contribution is -2.47. The summed E-state index contributed by atoms with van der Waals surface area (Å²) in [5.41, 5.74) is 5.72. The Balaban J connectivity index is 2.44. The summed E-state index contributed by atoms with van der Waals surface area (Å²) in [5, 5.41) is 9.04. The van der Waals surface area contributed by atoms with E-state index < -0.39 is 0 Å². The van der Waals surface area contributed by atoms with Gasteiger partial charge < -0.3 is 10.8 Å². The Labute approximate surface area is 68.8 Å². The molecular weight excluding hydrogens is 138 g/mol. The Morgan fingerprint density at radius 2 is 2.36 bits per heavy atom. The number of aliphatic hydroxyl groups is 1. The van der Waals surface area contributed by atoms with Gasteiger partial charge in [0.05, 0.1) is 6.61 Å². The van der Waals surface area contributed by atoms with Gasteiger partial charge in [0.15, 0.2) is 0 Å². The van der Waals surface area contributed by atoms with Crippen LogP contribution in [0.5, 0.6) is 0 Å². The minimum Gasteiger partial charge on any atom is -0.394 e.